The van der Waals surface area contributed by atoms with E-state index in [0.717, 1.165) is 16.9 Å². The molecule has 0 aliphatic heterocycles. The van der Waals surface area contributed by atoms with Crippen molar-refractivity contribution in [2.24, 2.45) is 0 Å². The van der Waals surface area contributed by atoms with E-state index in [-0.39, 0.29) is 11.7 Å². The van der Waals surface area contributed by atoms with Crippen molar-refractivity contribution in [2.75, 3.05) is 5.32 Å². The lowest BCUT2D eigenvalue weighted by atomic mass is 10.2. The van der Waals surface area contributed by atoms with Crippen LogP contribution in [0.3, 0.4) is 0 Å². The van der Waals surface area contributed by atoms with Crippen LogP contribution in [0.1, 0.15) is 20.8 Å². The number of thiophene rings is 1. The number of carbonyl (C=O) groups excluding carboxylic acids is 1. The molecule has 30 heavy (non-hydrogen) atoms. The van der Waals surface area contributed by atoms with Gasteiger partial charge in [-0.3, -0.25) is 9.48 Å². The Morgan fingerprint density at radius 2 is 2.03 bits per heavy atom. The third kappa shape index (κ3) is 5.06. The molecule has 1 amide bonds. The lowest BCUT2D eigenvalue weighted by Gasteiger charge is -2.04. The van der Waals surface area contributed by atoms with Gasteiger partial charge in [0.25, 0.3) is 5.91 Å². The minimum atomic E-state index is -0.387. The molecule has 0 saturated carbocycles. The maximum atomic E-state index is 13.2. The van der Waals surface area contributed by atoms with Gasteiger partial charge in [-0.05, 0) is 41.3 Å². The standard InChI is InChI=1S/C22H17ClFN3O2S/c23-20-9-17(24)7-6-16(20)11-27-12-18(10-25-27)26-22(28)21-8-15(14-30-21)13-29-19-4-2-1-3-5-19/h1-10,12,14H,11,13H2,(H,26,28). The molecule has 5 nitrogen and oxygen atoms in total. The second kappa shape index (κ2) is 9.11. The van der Waals surface area contributed by atoms with Crippen molar-refractivity contribution in [3.8, 4) is 5.75 Å². The summed E-state index contributed by atoms with van der Waals surface area (Å²) in [5, 5.41) is 9.29. The average Bonchev–Trinajstić information content (AvgIpc) is 3.39. The fraction of sp³-hybridized carbons (Fsp3) is 0.0909. The summed E-state index contributed by atoms with van der Waals surface area (Å²) in [6, 6.07) is 15.6. The third-order valence-electron chi connectivity index (χ3n) is 4.26. The highest BCUT2D eigenvalue weighted by Crippen LogP contribution is 2.21. The maximum Gasteiger partial charge on any atom is 0.265 e. The molecular formula is C22H17ClFN3O2S. The van der Waals surface area contributed by atoms with Gasteiger partial charge in [-0.25, -0.2) is 4.39 Å². The highest BCUT2D eigenvalue weighted by molar-refractivity contribution is 7.12. The second-order valence-corrected chi connectivity index (χ2v) is 7.86. The monoisotopic (exact) mass is 441 g/mol. The van der Waals surface area contributed by atoms with Crippen LogP contribution < -0.4 is 10.1 Å². The summed E-state index contributed by atoms with van der Waals surface area (Å²) in [6.07, 6.45) is 3.26. The summed E-state index contributed by atoms with van der Waals surface area (Å²) < 4.78 is 20.5. The zero-order valence-electron chi connectivity index (χ0n) is 15.7. The quantitative estimate of drug-likeness (QED) is 0.405. The molecular weight excluding hydrogens is 425 g/mol. The van der Waals surface area contributed by atoms with Crippen LogP contribution in [-0.4, -0.2) is 15.7 Å². The first-order valence-electron chi connectivity index (χ1n) is 9.10. The molecule has 0 aliphatic carbocycles. The van der Waals surface area contributed by atoms with Crippen LogP contribution in [0.2, 0.25) is 5.02 Å². The summed E-state index contributed by atoms with van der Waals surface area (Å²) in [5.41, 5.74) is 2.23. The normalized spacial score (nSPS) is 10.7. The van der Waals surface area contributed by atoms with Gasteiger partial charge in [0.2, 0.25) is 0 Å². The van der Waals surface area contributed by atoms with Crippen LogP contribution in [0.4, 0.5) is 10.1 Å². The number of rotatable bonds is 7. The van der Waals surface area contributed by atoms with Crippen molar-refractivity contribution >= 4 is 34.5 Å². The van der Waals surface area contributed by atoms with E-state index in [0.29, 0.717) is 28.7 Å². The summed E-state index contributed by atoms with van der Waals surface area (Å²) in [4.78, 5) is 13.1. The Balaban J connectivity index is 1.35. The van der Waals surface area contributed by atoms with Crippen molar-refractivity contribution in [1.82, 2.24) is 9.78 Å². The van der Waals surface area contributed by atoms with Crippen molar-refractivity contribution in [3.63, 3.8) is 0 Å². The summed E-state index contributed by atoms with van der Waals surface area (Å²) in [5.74, 6) is 0.176. The number of amides is 1. The van der Waals surface area contributed by atoms with Crippen molar-refractivity contribution < 1.29 is 13.9 Å². The van der Waals surface area contributed by atoms with Gasteiger partial charge in [-0.2, -0.15) is 5.10 Å². The number of benzene rings is 2. The van der Waals surface area contributed by atoms with Gasteiger partial charge < -0.3 is 10.1 Å². The van der Waals surface area contributed by atoms with Crippen LogP contribution in [-0.2, 0) is 13.2 Å². The SMILES string of the molecule is O=C(Nc1cnn(Cc2ccc(F)cc2Cl)c1)c1cc(COc2ccccc2)cs1. The predicted molar refractivity (Wildman–Crippen MR) is 116 cm³/mol. The molecule has 4 aromatic rings. The first kappa shape index (κ1) is 20.1. The first-order valence-corrected chi connectivity index (χ1v) is 10.4. The minimum Gasteiger partial charge on any atom is -0.489 e. The minimum absolute atomic E-state index is 0.217. The van der Waals surface area contributed by atoms with Gasteiger partial charge in [0, 0.05) is 16.8 Å². The number of nitrogens with one attached hydrogen (secondary N) is 1. The van der Waals surface area contributed by atoms with E-state index >= 15 is 0 Å². The van der Waals surface area contributed by atoms with Crippen LogP contribution >= 0.6 is 22.9 Å². The predicted octanol–water partition coefficient (Wildman–Crippen LogP) is 5.62. The molecule has 0 unspecified atom stereocenters. The number of para-hydroxylation sites is 1. The highest BCUT2D eigenvalue weighted by Gasteiger charge is 2.12. The molecule has 0 bridgehead atoms. The molecule has 2 heterocycles. The Morgan fingerprint density at radius 3 is 2.83 bits per heavy atom. The number of anilines is 1. The molecule has 4 rings (SSSR count). The topological polar surface area (TPSA) is 56.2 Å². The van der Waals surface area contributed by atoms with Gasteiger partial charge in [0.1, 0.15) is 18.2 Å². The Kier molecular flexibility index (Phi) is 6.11. The number of nitrogens with zero attached hydrogens (tertiary/aromatic N) is 2. The van der Waals surface area contributed by atoms with Crippen LogP contribution in [0.25, 0.3) is 0 Å². The Hall–Kier alpha value is -3.16. The molecule has 0 fully saturated rings. The highest BCUT2D eigenvalue weighted by atomic mass is 35.5. The molecule has 152 valence electrons. The van der Waals surface area contributed by atoms with Crippen molar-refractivity contribution in [2.45, 2.75) is 13.2 Å². The van der Waals surface area contributed by atoms with Crippen molar-refractivity contribution in [3.05, 3.63) is 99.2 Å². The fourth-order valence-corrected chi connectivity index (χ4v) is 3.80. The van der Waals surface area contributed by atoms with Crippen LogP contribution in [0.15, 0.2) is 72.4 Å². The van der Waals surface area contributed by atoms with E-state index in [4.69, 9.17) is 16.3 Å². The molecule has 0 radical (unpaired) electrons. The van der Waals surface area contributed by atoms with Gasteiger partial charge in [0.05, 0.1) is 23.3 Å². The molecule has 0 saturated heterocycles. The summed E-state index contributed by atoms with van der Waals surface area (Å²) in [6.45, 7) is 0.763. The van der Waals surface area contributed by atoms with E-state index in [1.165, 1.54) is 23.5 Å². The van der Waals surface area contributed by atoms with Gasteiger partial charge in [0.15, 0.2) is 0 Å². The van der Waals surface area contributed by atoms with Gasteiger partial charge in [-0.15, -0.1) is 11.3 Å². The number of carbonyl (C=O) groups is 1. The lowest BCUT2D eigenvalue weighted by Crippen LogP contribution is -2.09. The summed E-state index contributed by atoms with van der Waals surface area (Å²) in [7, 11) is 0. The smallest absolute Gasteiger partial charge is 0.265 e. The fourth-order valence-electron chi connectivity index (χ4n) is 2.79. The van der Waals surface area contributed by atoms with E-state index in [2.05, 4.69) is 10.4 Å². The number of ether oxygens (including phenoxy) is 1. The van der Waals surface area contributed by atoms with Crippen LogP contribution in [0, 0.1) is 5.82 Å². The van der Waals surface area contributed by atoms with E-state index in [1.807, 2.05) is 41.8 Å². The molecule has 1 N–H and O–H groups in total. The number of halogens is 2. The Bertz CT molecular complexity index is 1160. The molecule has 0 atom stereocenters. The number of hydrogen-bond acceptors (Lipinski definition) is 4. The zero-order valence-corrected chi connectivity index (χ0v) is 17.3. The third-order valence-corrected chi connectivity index (χ3v) is 5.59. The molecule has 0 aliphatic rings. The zero-order chi connectivity index (χ0) is 20.9. The van der Waals surface area contributed by atoms with E-state index < -0.39 is 0 Å². The molecule has 2 aromatic carbocycles. The molecule has 8 heteroatoms. The molecule has 0 spiro atoms. The average molecular weight is 442 g/mol. The van der Waals surface area contributed by atoms with Gasteiger partial charge in [-0.1, -0.05) is 35.9 Å². The number of hydrogen-bond donors (Lipinski definition) is 1. The lowest BCUT2D eigenvalue weighted by molar-refractivity contribution is 0.103. The Labute approximate surface area is 181 Å². The van der Waals surface area contributed by atoms with E-state index in [9.17, 15) is 9.18 Å². The van der Waals surface area contributed by atoms with E-state index in [1.54, 1.807) is 23.1 Å². The first-order chi connectivity index (χ1) is 14.6. The molecule has 2 aromatic heterocycles. The van der Waals surface area contributed by atoms with Crippen molar-refractivity contribution in [1.29, 1.82) is 0 Å². The van der Waals surface area contributed by atoms with Crippen LogP contribution in [0.5, 0.6) is 5.75 Å². The summed E-state index contributed by atoms with van der Waals surface area (Å²) >= 11 is 7.41. The largest absolute Gasteiger partial charge is 0.489 e. The van der Waals surface area contributed by atoms with Gasteiger partial charge >= 0.3 is 0 Å². The number of aromatic nitrogens is 2. The Morgan fingerprint density at radius 1 is 1.20 bits per heavy atom. The second-order valence-electron chi connectivity index (χ2n) is 6.54. The maximum absolute atomic E-state index is 13.2.